The number of aromatic nitrogens is 4. The number of nitrogens with zero attached hydrogens (tertiary/aromatic N) is 5. The van der Waals surface area contributed by atoms with E-state index in [4.69, 9.17) is 9.72 Å². The number of pyridine rings is 2. The molecule has 9 nitrogen and oxygen atoms in total. The Labute approximate surface area is 224 Å². The summed E-state index contributed by atoms with van der Waals surface area (Å²) in [7, 11) is 3.44. The lowest BCUT2D eigenvalue weighted by Crippen LogP contribution is -2.38. The van der Waals surface area contributed by atoms with Gasteiger partial charge in [0.1, 0.15) is 5.01 Å². The molecule has 2 amide bonds. The second-order valence-electron chi connectivity index (χ2n) is 10.1. The Morgan fingerprint density at radius 1 is 0.921 bits per heavy atom. The first-order valence-electron chi connectivity index (χ1n) is 12.1. The molecule has 0 saturated heterocycles. The Hall–Kier alpha value is -4.18. The number of benzene rings is 1. The third-order valence-electron chi connectivity index (χ3n) is 6.62. The fraction of sp³-hybridized carbons (Fsp3) is 0.286. The highest BCUT2D eigenvalue weighted by Gasteiger charge is 2.45. The van der Waals surface area contributed by atoms with Crippen LogP contribution in [0.2, 0.25) is 0 Å². The Morgan fingerprint density at radius 2 is 1.58 bits per heavy atom. The van der Waals surface area contributed by atoms with Crippen LogP contribution in [0.4, 0.5) is 5.13 Å². The van der Waals surface area contributed by atoms with Crippen LogP contribution in [0.1, 0.15) is 52.0 Å². The summed E-state index contributed by atoms with van der Waals surface area (Å²) in [5.41, 5.74) is 3.64. The van der Waals surface area contributed by atoms with Gasteiger partial charge in [-0.2, -0.15) is 0 Å². The minimum atomic E-state index is -0.902. The van der Waals surface area contributed by atoms with Crippen molar-refractivity contribution >= 4 is 28.3 Å². The third kappa shape index (κ3) is 4.63. The van der Waals surface area contributed by atoms with Crippen molar-refractivity contribution in [1.82, 2.24) is 25.1 Å². The van der Waals surface area contributed by atoms with E-state index in [0.717, 1.165) is 27.4 Å². The van der Waals surface area contributed by atoms with Crippen molar-refractivity contribution in [3.63, 3.8) is 0 Å². The molecule has 0 bridgehead atoms. The molecule has 38 heavy (non-hydrogen) atoms. The number of fused-ring (bicyclic) bond motifs is 2. The van der Waals surface area contributed by atoms with E-state index < -0.39 is 5.41 Å². The van der Waals surface area contributed by atoms with Gasteiger partial charge in [-0.05, 0) is 38.1 Å². The predicted molar refractivity (Wildman–Crippen MR) is 146 cm³/mol. The highest BCUT2D eigenvalue weighted by atomic mass is 32.1. The molecule has 4 aromatic rings. The first kappa shape index (κ1) is 25.5. The molecule has 1 aliphatic rings. The highest BCUT2D eigenvalue weighted by molar-refractivity contribution is 7.15. The van der Waals surface area contributed by atoms with Crippen molar-refractivity contribution < 1.29 is 14.3 Å². The SMILES string of the molecule is Cc1ccc2c(n1)Oc1nc(-c3ccc(C(=O)N(C)C)cc3)ccc1[C@H]2C(C)(C)C(=O)Nc1nnc(C)s1. The van der Waals surface area contributed by atoms with Crippen LogP contribution in [0.15, 0.2) is 48.5 Å². The summed E-state index contributed by atoms with van der Waals surface area (Å²) in [5, 5.41) is 12.2. The lowest BCUT2D eigenvalue weighted by molar-refractivity contribution is -0.124. The number of hydrogen-bond acceptors (Lipinski definition) is 8. The van der Waals surface area contributed by atoms with Gasteiger partial charge in [-0.15, -0.1) is 10.2 Å². The molecule has 0 spiro atoms. The molecule has 5 rings (SSSR count). The zero-order valence-electron chi connectivity index (χ0n) is 22.1. The van der Waals surface area contributed by atoms with E-state index in [1.165, 1.54) is 16.2 Å². The molecule has 0 aliphatic carbocycles. The molecule has 0 radical (unpaired) electrons. The quantitative estimate of drug-likeness (QED) is 0.378. The Kier molecular flexibility index (Phi) is 6.44. The van der Waals surface area contributed by atoms with Gasteiger partial charge in [-0.3, -0.25) is 9.59 Å². The molecule has 0 unspecified atom stereocenters. The number of nitrogens with one attached hydrogen (secondary N) is 1. The molecule has 1 aliphatic heterocycles. The van der Waals surface area contributed by atoms with Crippen molar-refractivity contribution in [2.75, 3.05) is 19.4 Å². The zero-order valence-corrected chi connectivity index (χ0v) is 22.9. The van der Waals surface area contributed by atoms with Gasteiger partial charge in [0.2, 0.25) is 22.8 Å². The summed E-state index contributed by atoms with van der Waals surface area (Å²) in [4.78, 5) is 36.8. The maximum atomic E-state index is 13.6. The summed E-state index contributed by atoms with van der Waals surface area (Å²) in [6.07, 6.45) is 0. The normalized spacial score (nSPS) is 14.2. The molecule has 10 heteroatoms. The fourth-order valence-corrected chi connectivity index (χ4v) is 5.16. The summed E-state index contributed by atoms with van der Waals surface area (Å²) in [6, 6.07) is 15.0. The van der Waals surface area contributed by atoms with Crippen LogP contribution in [0.5, 0.6) is 11.8 Å². The van der Waals surface area contributed by atoms with E-state index in [-0.39, 0.29) is 17.7 Å². The summed E-state index contributed by atoms with van der Waals surface area (Å²) >= 11 is 1.33. The van der Waals surface area contributed by atoms with Crippen LogP contribution in [0, 0.1) is 19.3 Å². The highest BCUT2D eigenvalue weighted by Crippen LogP contribution is 2.51. The van der Waals surface area contributed by atoms with E-state index in [0.29, 0.717) is 28.1 Å². The van der Waals surface area contributed by atoms with Gasteiger partial charge in [-0.25, -0.2) is 9.97 Å². The molecular weight excluding hydrogens is 500 g/mol. The van der Waals surface area contributed by atoms with Gasteiger partial charge in [0.25, 0.3) is 5.91 Å². The lowest BCUT2D eigenvalue weighted by atomic mass is 9.70. The second kappa shape index (κ2) is 9.60. The summed E-state index contributed by atoms with van der Waals surface area (Å²) in [5.74, 6) is 0.211. The molecule has 0 fully saturated rings. The average molecular weight is 529 g/mol. The maximum absolute atomic E-state index is 13.6. The molecule has 1 aromatic carbocycles. The minimum absolute atomic E-state index is 0.0663. The first-order chi connectivity index (χ1) is 18.0. The van der Waals surface area contributed by atoms with Gasteiger partial charge in [0.05, 0.1) is 11.1 Å². The van der Waals surface area contributed by atoms with Crippen molar-refractivity contribution in [2.24, 2.45) is 5.41 Å². The predicted octanol–water partition coefficient (Wildman–Crippen LogP) is 5.22. The van der Waals surface area contributed by atoms with Crippen molar-refractivity contribution in [3.05, 3.63) is 75.9 Å². The Morgan fingerprint density at radius 3 is 2.21 bits per heavy atom. The fourth-order valence-electron chi connectivity index (χ4n) is 4.57. The number of ether oxygens (including phenoxy) is 1. The van der Waals surface area contributed by atoms with Gasteiger partial charge >= 0.3 is 0 Å². The first-order valence-corrected chi connectivity index (χ1v) is 13.0. The van der Waals surface area contributed by atoms with Gasteiger partial charge in [0.15, 0.2) is 0 Å². The van der Waals surface area contributed by atoms with Crippen molar-refractivity contribution in [1.29, 1.82) is 0 Å². The number of aryl methyl sites for hydroxylation is 2. The second-order valence-corrected chi connectivity index (χ2v) is 11.2. The molecule has 4 heterocycles. The van der Waals surface area contributed by atoms with E-state index in [1.807, 2.05) is 64.1 Å². The van der Waals surface area contributed by atoms with Crippen LogP contribution in [0.3, 0.4) is 0 Å². The molecular formula is C28H28N6O3S. The van der Waals surface area contributed by atoms with Crippen molar-refractivity contribution in [3.8, 4) is 23.0 Å². The third-order valence-corrected chi connectivity index (χ3v) is 7.38. The van der Waals surface area contributed by atoms with Crippen LogP contribution in [-0.2, 0) is 4.79 Å². The van der Waals surface area contributed by atoms with Gasteiger partial charge in [-0.1, -0.05) is 49.4 Å². The molecule has 0 saturated carbocycles. The van der Waals surface area contributed by atoms with E-state index in [9.17, 15) is 9.59 Å². The largest absolute Gasteiger partial charge is 0.420 e. The van der Waals surface area contributed by atoms with Gasteiger partial charge in [0, 0.05) is 48.0 Å². The van der Waals surface area contributed by atoms with E-state index in [1.54, 1.807) is 26.2 Å². The molecule has 194 valence electrons. The van der Waals surface area contributed by atoms with E-state index >= 15 is 0 Å². The van der Waals surface area contributed by atoms with Crippen LogP contribution in [0.25, 0.3) is 11.3 Å². The topological polar surface area (TPSA) is 110 Å². The number of rotatable bonds is 5. The number of carbonyl (C=O) groups is 2. The smallest absolute Gasteiger partial charge is 0.253 e. The number of hydrogen-bond donors (Lipinski definition) is 1. The lowest BCUT2D eigenvalue weighted by Gasteiger charge is -2.37. The van der Waals surface area contributed by atoms with Crippen LogP contribution < -0.4 is 10.1 Å². The number of anilines is 1. The summed E-state index contributed by atoms with van der Waals surface area (Å²) in [6.45, 7) is 7.53. The summed E-state index contributed by atoms with van der Waals surface area (Å²) < 4.78 is 6.21. The van der Waals surface area contributed by atoms with Crippen LogP contribution in [-0.4, -0.2) is 51.0 Å². The molecule has 1 N–H and O–H groups in total. The van der Waals surface area contributed by atoms with Crippen molar-refractivity contribution in [2.45, 2.75) is 33.6 Å². The van der Waals surface area contributed by atoms with Gasteiger partial charge < -0.3 is 15.0 Å². The van der Waals surface area contributed by atoms with E-state index in [2.05, 4.69) is 20.5 Å². The molecule has 3 aromatic heterocycles. The minimum Gasteiger partial charge on any atom is -0.420 e. The Balaban J connectivity index is 1.54. The zero-order chi connectivity index (χ0) is 27.2. The standard InChI is InChI=1S/C28H28N6O3S/c1-15-7-12-19-22(28(3,4)26(36)31-27-33-32-16(2)38-27)20-13-14-21(30-24(20)37-23(19)29-15)17-8-10-18(11-9-17)25(35)34(5)6/h7-14,22H,1-6H3,(H,31,33,36)/t22-/m0/s1. The number of amides is 2. The Bertz CT molecular complexity index is 1540. The number of carbonyl (C=O) groups excluding carboxylic acids is 2. The average Bonchev–Trinajstić information content (AvgIpc) is 3.30. The molecule has 1 atom stereocenters. The van der Waals surface area contributed by atoms with Crippen LogP contribution >= 0.6 is 11.3 Å². The monoisotopic (exact) mass is 528 g/mol. The maximum Gasteiger partial charge on any atom is 0.253 e.